The van der Waals surface area contributed by atoms with Gasteiger partial charge in [0, 0.05) is 5.02 Å². The molecule has 0 fully saturated rings. The lowest BCUT2D eigenvalue weighted by atomic mass is 10.00. The number of rotatable bonds is 2. The third kappa shape index (κ3) is 1.77. The van der Waals surface area contributed by atoms with Gasteiger partial charge in [-0.1, -0.05) is 35.4 Å². The van der Waals surface area contributed by atoms with Gasteiger partial charge in [-0.05, 0) is 30.5 Å². The Bertz CT molecular complexity index is 449. The van der Waals surface area contributed by atoms with E-state index in [1.54, 1.807) is 6.92 Å². The zero-order valence-electron chi connectivity index (χ0n) is 8.33. The quantitative estimate of drug-likeness (QED) is 0.835. The van der Waals surface area contributed by atoms with Crippen LogP contribution in [0.5, 0.6) is 0 Å². The van der Waals surface area contributed by atoms with E-state index in [0.717, 1.165) is 16.7 Å². The van der Waals surface area contributed by atoms with Gasteiger partial charge in [0.1, 0.15) is 0 Å². The molecule has 1 aliphatic rings. The molecule has 1 unspecified atom stereocenters. The summed E-state index contributed by atoms with van der Waals surface area (Å²) in [6.07, 6.45) is 2.60. The molecular formula is C12H11ClO2. The first-order chi connectivity index (χ1) is 7.09. The van der Waals surface area contributed by atoms with E-state index in [1.807, 2.05) is 24.3 Å². The van der Waals surface area contributed by atoms with Crippen LogP contribution in [0.4, 0.5) is 0 Å². The predicted octanol–water partition coefficient (Wildman–Crippen LogP) is 3.00. The minimum atomic E-state index is -0.787. The summed E-state index contributed by atoms with van der Waals surface area (Å²) < 4.78 is 0. The molecule has 0 spiro atoms. The van der Waals surface area contributed by atoms with Crippen LogP contribution in [0.3, 0.4) is 0 Å². The summed E-state index contributed by atoms with van der Waals surface area (Å²) in [5.74, 6) is -1.22. The van der Waals surface area contributed by atoms with E-state index in [-0.39, 0.29) is 0 Å². The minimum absolute atomic E-state index is 0.437. The number of carboxylic acids is 1. The van der Waals surface area contributed by atoms with Gasteiger partial charge in [0.15, 0.2) is 0 Å². The highest BCUT2D eigenvalue weighted by atomic mass is 35.5. The lowest BCUT2D eigenvalue weighted by Gasteiger charge is -2.06. The van der Waals surface area contributed by atoms with Crippen LogP contribution in [0.2, 0.25) is 5.02 Å². The normalized spacial score (nSPS) is 15.7. The van der Waals surface area contributed by atoms with Gasteiger partial charge in [0.2, 0.25) is 0 Å². The molecule has 1 N–H and O–H groups in total. The first kappa shape index (κ1) is 10.2. The summed E-state index contributed by atoms with van der Waals surface area (Å²) in [6.45, 7) is 1.70. The molecule has 0 saturated carbocycles. The number of carboxylic acid groups (broad SMARTS) is 1. The minimum Gasteiger partial charge on any atom is -0.481 e. The van der Waals surface area contributed by atoms with Crippen molar-refractivity contribution in [3.05, 3.63) is 39.9 Å². The average molecular weight is 223 g/mol. The number of carbonyl (C=O) groups is 1. The molecule has 2 nitrogen and oxygen atoms in total. The first-order valence-corrected chi connectivity index (χ1v) is 5.18. The van der Waals surface area contributed by atoms with E-state index < -0.39 is 11.9 Å². The number of benzene rings is 1. The average Bonchev–Trinajstić information content (AvgIpc) is 2.61. The van der Waals surface area contributed by atoms with Crippen molar-refractivity contribution in [1.29, 1.82) is 0 Å². The summed E-state index contributed by atoms with van der Waals surface area (Å²) in [7, 11) is 0. The highest BCUT2D eigenvalue weighted by Gasteiger charge is 2.23. The fourth-order valence-corrected chi connectivity index (χ4v) is 2.04. The van der Waals surface area contributed by atoms with E-state index >= 15 is 0 Å². The fourth-order valence-electron chi connectivity index (χ4n) is 1.79. The molecule has 0 radical (unpaired) electrons. The maximum absolute atomic E-state index is 10.8. The summed E-state index contributed by atoms with van der Waals surface area (Å²) in [4.78, 5) is 10.8. The summed E-state index contributed by atoms with van der Waals surface area (Å²) in [5, 5.41) is 9.61. The van der Waals surface area contributed by atoms with Crippen molar-refractivity contribution in [3.63, 3.8) is 0 Å². The van der Waals surface area contributed by atoms with Gasteiger partial charge < -0.3 is 5.11 Å². The standard InChI is InChI=1S/C12H11ClO2/c1-7(12(14)15)9-5-8-3-2-4-11(13)10(8)6-9/h2-4,6-7H,5H2,1H3,(H,14,15). The van der Waals surface area contributed by atoms with E-state index in [4.69, 9.17) is 16.7 Å². The summed E-state index contributed by atoms with van der Waals surface area (Å²) in [6, 6.07) is 5.70. The molecule has 2 rings (SSSR count). The molecule has 1 atom stereocenters. The topological polar surface area (TPSA) is 37.3 Å². The second-order valence-corrected chi connectivity index (χ2v) is 4.18. The molecule has 0 aromatic heterocycles. The van der Waals surface area contributed by atoms with Gasteiger partial charge in [-0.25, -0.2) is 0 Å². The highest BCUT2D eigenvalue weighted by Crippen LogP contribution is 2.33. The van der Waals surface area contributed by atoms with Gasteiger partial charge in [-0.15, -0.1) is 0 Å². The van der Waals surface area contributed by atoms with Gasteiger partial charge in [0.25, 0.3) is 0 Å². The molecule has 0 bridgehead atoms. The third-order valence-corrected chi connectivity index (χ3v) is 3.12. The number of hydrogen-bond donors (Lipinski definition) is 1. The molecule has 78 valence electrons. The lowest BCUT2D eigenvalue weighted by Crippen LogP contribution is -2.12. The van der Waals surface area contributed by atoms with Crippen molar-refractivity contribution in [2.75, 3.05) is 0 Å². The van der Waals surface area contributed by atoms with E-state index in [0.29, 0.717) is 11.4 Å². The van der Waals surface area contributed by atoms with Gasteiger partial charge in [-0.3, -0.25) is 4.79 Å². The summed E-state index contributed by atoms with van der Waals surface area (Å²) in [5.41, 5.74) is 3.01. The molecule has 0 saturated heterocycles. The smallest absolute Gasteiger partial charge is 0.310 e. The SMILES string of the molecule is CC(C(=O)O)C1=Cc2c(Cl)cccc2C1. The van der Waals surface area contributed by atoms with E-state index in [1.165, 1.54) is 0 Å². The Balaban J connectivity index is 2.35. The second kappa shape index (κ2) is 3.70. The zero-order valence-corrected chi connectivity index (χ0v) is 9.08. The van der Waals surface area contributed by atoms with Crippen LogP contribution in [0.25, 0.3) is 6.08 Å². The molecule has 0 aliphatic heterocycles. The molecular weight excluding hydrogens is 212 g/mol. The third-order valence-electron chi connectivity index (χ3n) is 2.79. The van der Waals surface area contributed by atoms with Crippen LogP contribution in [0.1, 0.15) is 18.1 Å². The van der Waals surface area contributed by atoms with Gasteiger partial charge in [0.05, 0.1) is 5.92 Å². The van der Waals surface area contributed by atoms with Crippen LogP contribution in [-0.2, 0) is 11.2 Å². The zero-order chi connectivity index (χ0) is 11.0. The van der Waals surface area contributed by atoms with Gasteiger partial charge >= 0.3 is 5.97 Å². The Kier molecular flexibility index (Phi) is 2.53. The van der Waals surface area contributed by atoms with Crippen LogP contribution in [-0.4, -0.2) is 11.1 Å². The second-order valence-electron chi connectivity index (χ2n) is 3.77. The van der Waals surface area contributed by atoms with Crippen molar-refractivity contribution < 1.29 is 9.90 Å². The largest absolute Gasteiger partial charge is 0.481 e. The van der Waals surface area contributed by atoms with Crippen molar-refractivity contribution in [3.8, 4) is 0 Å². The monoisotopic (exact) mass is 222 g/mol. The van der Waals surface area contributed by atoms with Crippen LogP contribution in [0, 0.1) is 5.92 Å². The van der Waals surface area contributed by atoms with Crippen molar-refractivity contribution in [2.45, 2.75) is 13.3 Å². The van der Waals surface area contributed by atoms with Crippen LogP contribution in [0.15, 0.2) is 23.8 Å². The Morgan fingerprint density at radius 3 is 2.87 bits per heavy atom. The number of fused-ring (bicyclic) bond motifs is 1. The summed E-state index contributed by atoms with van der Waals surface area (Å²) >= 11 is 6.03. The van der Waals surface area contributed by atoms with Crippen LogP contribution < -0.4 is 0 Å². The fraction of sp³-hybridized carbons (Fsp3) is 0.250. The molecule has 15 heavy (non-hydrogen) atoms. The highest BCUT2D eigenvalue weighted by molar-refractivity contribution is 6.32. The van der Waals surface area contributed by atoms with E-state index in [2.05, 4.69) is 0 Å². The number of aliphatic carboxylic acids is 1. The molecule has 0 heterocycles. The maximum Gasteiger partial charge on any atom is 0.310 e. The van der Waals surface area contributed by atoms with Crippen molar-refractivity contribution in [1.82, 2.24) is 0 Å². The lowest BCUT2D eigenvalue weighted by molar-refractivity contribution is -0.139. The molecule has 0 amide bonds. The van der Waals surface area contributed by atoms with Crippen molar-refractivity contribution >= 4 is 23.6 Å². The predicted molar refractivity (Wildman–Crippen MR) is 59.9 cm³/mol. The van der Waals surface area contributed by atoms with Crippen molar-refractivity contribution in [2.24, 2.45) is 5.92 Å². The van der Waals surface area contributed by atoms with Crippen LogP contribution >= 0.6 is 11.6 Å². The molecule has 1 aliphatic carbocycles. The molecule has 1 aromatic carbocycles. The maximum atomic E-state index is 10.8. The molecule has 3 heteroatoms. The number of hydrogen-bond acceptors (Lipinski definition) is 1. The number of halogens is 1. The Labute approximate surface area is 93.2 Å². The Morgan fingerprint density at radius 1 is 1.53 bits per heavy atom. The van der Waals surface area contributed by atoms with Gasteiger partial charge in [-0.2, -0.15) is 0 Å². The Morgan fingerprint density at radius 2 is 2.27 bits per heavy atom. The molecule has 1 aromatic rings. The first-order valence-electron chi connectivity index (χ1n) is 4.80. The van der Waals surface area contributed by atoms with E-state index in [9.17, 15) is 4.79 Å². The Hall–Kier alpha value is -1.28.